The lowest BCUT2D eigenvalue weighted by Gasteiger charge is -2.17. The molecule has 0 saturated carbocycles. The van der Waals surface area contributed by atoms with Crippen LogP contribution in [0.25, 0.3) is 0 Å². The fourth-order valence-electron chi connectivity index (χ4n) is 2.22. The molecule has 0 aliphatic heterocycles. The number of carbonyl (C=O) groups is 2. The minimum absolute atomic E-state index is 0.0126. The highest BCUT2D eigenvalue weighted by Crippen LogP contribution is 2.16. The van der Waals surface area contributed by atoms with E-state index in [1.807, 2.05) is 6.92 Å². The Labute approximate surface area is 145 Å². The van der Waals surface area contributed by atoms with Gasteiger partial charge in [-0.3, -0.25) is 4.79 Å². The largest absolute Gasteiger partial charge is 0.467 e. The number of hydrogen-bond donors (Lipinski definition) is 3. The summed E-state index contributed by atoms with van der Waals surface area (Å²) < 4.78 is 5.14. The topological polar surface area (TPSA) is 83.4 Å². The van der Waals surface area contributed by atoms with Crippen molar-refractivity contribution in [1.82, 2.24) is 16.0 Å². The summed E-state index contributed by atoms with van der Waals surface area (Å²) in [5, 5.41) is 8.21. The minimum atomic E-state index is -0.629. The van der Waals surface area contributed by atoms with Gasteiger partial charge in [0.15, 0.2) is 0 Å². The first-order chi connectivity index (χ1) is 11.4. The molecule has 0 aromatic carbocycles. The van der Waals surface area contributed by atoms with Gasteiger partial charge in [0, 0.05) is 22.2 Å². The van der Waals surface area contributed by atoms with Gasteiger partial charge < -0.3 is 20.4 Å². The third-order valence-corrected chi connectivity index (χ3v) is 4.46. The zero-order chi connectivity index (χ0) is 17.5. The first-order valence-corrected chi connectivity index (χ1v) is 8.68. The normalized spacial score (nSPS) is 13.1. The number of hydrogen-bond acceptors (Lipinski definition) is 4. The van der Waals surface area contributed by atoms with Crippen molar-refractivity contribution in [2.24, 2.45) is 0 Å². The molecule has 130 valence electrons. The standard InChI is InChI=1S/C17H23N3O3S/c1-11(9-15-7-6-12(2)24-15)19-17(22)20-13(3)16(21)18-10-14-5-4-8-23-14/h4-8,11,13H,9-10H2,1-3H3,(H,18,21)(H2,19,20,22)/t11-,13+/m1/s1. The van der Waals surface area contributed by atoms with Crippen LogP contribution in [0, 0.1) is 6.92 Å². The average Bonchev–Trinajstić information content (AvgIpc) is 3.16. The van der Waals surface area contributed by atoms with E-state index in [1.165, 1.54) is 9.75 Å². The van der Waals surface area contributed by atoms with Gasteiger partial charge in [-0.1, -0.05) is 0 Å². The number of nitrogens with one attached hydrogen (secondary N) is 3. The molecule has 7 heteroatoms. The van der Waals surface area contributed by atoms with Crippen LogP contribution in [0.2, 0.25) is 0 Å². The van der Waals surface area contributed by atoms with Crippen LogP contribution in [0.1, 0.15) is 29.4 Å². The summed E-state index contributed by atoms with van der Waals surface area (Å²) in [5.41, 5.74) is 0. The van der Waals surface area contributed by atoms with E-state index >= 15 is 0 Å². The van der Waals surface area contributed by atoms with Crippen molar-refractivity contribution < 1.29 is 14.0 Å². The maximum absolute atomic E-state index is 12.0. The molecule has 2 aromatic heterocycles. The Morgan fingerprint density at radius 1 is 1.21 bits per heavy atom. The Morgan fingerprint density at radius 2 is 2.00 bits per heavy atom. The zero-order valence-corrected chi connectivity index (χ0v) is 14.9. The van der Waals surface area contributed by atoms with Gasteiger partial charge in [0.25, 0.3) is 0 Å². The SMILES string of the molecule is Cc1ccc(C[C@@H](C)NC(=O)N[C@@H](C)C(=O)NCc2ccco2)s1. The van der Waals surface area contributed by atoms with E-state index in [9.17, 15) is 9.59 Å². The number of furan rings is 1. The summed E-state index contributed by atoms with van der Waals surface area (Å²) in [7, 11) is 0. The predicted molar refractivity (Wildman–Crippen MR) is 93.9 cm³/mol. The highest BCUT2D eigenvalue weighted by atomic mass is 32.1. The van der Waals surface area contributed by atoms with Crippen LogP contribution in [0.5, 0.6) is 0 Å². The number of carbonyl (C=O) groups excluding carboxylic acids is 2. The van der Waals surface area contributed by atoms with Crippen LogP contribution >= 0.6 is 11.3 Å². The fraction of sp³-hybridized carbons (Fsp3) is 0.412. The summed E-state index contributed by atoms with van der Waals surface area (Å²) in [6, 6.07) is 6.68. The van der Waals surface area contributed by atoms with E-state index < -0.39 is 6.04 Å². The molecule has 2 rings (SSSR count). The lowest BCUT2D eigenvalue weighted by atomic mass is 10.2. The molecule has 6 nitrogen and oxygen atoms in total. The molecule has 3 amide bonds. The van der Waals surface area contributed by atoms with Crippen LogP contribution in [0.15, 0.2) is 34.9 Å². The molecular formula is C17H23N3O3S. The van der Waals surface area contributed by atoms with Gasteiger partial charge in [0.2, 0.25) is 5.91 Å². The summed E-state index contributed by atoms with van der Waals surface area (Å²) in [6.45, 7) is 5.94. The molecule has 0 saturated heterocycles. The molecule has 0 unspecified atom stereocenters. The number of thiophene rings is 1. The Morgan fingerprint density at radius 3 is 2.62 bits per heavy atom. The van der Waals surface area contributed by atoms with Crippen LogP contribution in [0.4, 0.5) is 4.79 Å². The van der Waals surface area contributed by atoms with Crippen molar-refractivity contribution in [3.05, 3.63) is 46.0 Å². The Kier molecular flexibility index (Phi) is 6.43. The molecule has 2 aromatic rings. The van der Waals surface area contributed by atoms with Gasteiger partial charge in [-0.25, -0.2) is 4.79 Å². The lowest BCUT2D eigenvalue weighted by molar-refractivity contribution is -0.122. The van der Waals surface area contributed by atoms with Crippen molar-refractivity contribution >= 4 is 23.3 Å². The minimum Gasteiger partial charge on any atom is -0.467 e. The molecule has 0 spiro atoms. The number of amides is 3. The number of rotatable bonds is 7. The Balaban J connectivity index is 1.71. The maximum Gasteiger partial charge on any atom is 0.315 e. The van der Waals surface area contributed by atoms with Crippen molar-refractivity contribution in [2.75, 3.05) is 0 Å². The highest BCUT2D eigenvalue weighted by molar-refractivity contribution is 7.11. The molecule has 0 fully saturated rings. The quantitative estimate of drug-likeness (QED) is 0.718. The van der Waals surface area contributed by atoms with E-state index in [0.717, 1.165) is 6.42 Å². The van der Waals surface area contributed by atoms with Crippen molar-refractivity contribution in [3.8, 4) is 0 Å². The first-order valence-electron chi connectivity index (χ1n) is 7.86. The smallest absolute Gasteiger partial charge is 0.315 e. The Bertz CT molecular complexity index is 666. The summed E-state index contributed by atoms with van der Waals surface area (Å²) in [4.78, 5) is 26.4. The molecule has 2 heterocycles. The third-order valence-electron chi connectivity index (χ3n) is 3.44. The monoisotopic (exact) mass is 349 g/mol. The third kappa shape index (κ3) is 5.73. The summed E-state index contributed by atoms with van der Waals surface area (Å²) >= 11 is 1.72. The van der Waals surface area contributed by atoms with Crippen LogP contribution in [-0.4, -0.2) is 24.0 Å². The van der Waals surface area contributed by atoms with E-state index in [-0.39, 0.29) is 18.0 Å². The second-order valence-electron chi connectivity index (χ2n) is 5.75. The first kappa shape index (κ1) is 18.1. The fourth-order valence-corrected chi connectivity index (χ4v) is 3.23. The highest BCUT2D eigenvalue weighted by Gasteiger charge is 2.17. The molecule has 0 aliphatic rings. The molecule has 0 bridgehead atoms. The van der Waals surface area contributed by atoms with Gasteiger partial charge in [-0.05, 0) is 45.0 Å². The molecule has 2 atom stereocenters. The molecular weight excluding hydrogens is 326 g/mol. The van der Waals surface area contributed by atoms with E-state index in [1.54, 1.807) is 36.7 Å². The van der Waals surface area contributed by atoms with Gasteiger partial charge in [0.05, 0.1) is 12.8 Å². The average molecular weight is 349 g/mol. The van der Waals surface area contributed by atoms with Crippen molar-refractivity contribution in [1.29, 1.82) is 0 Å². The lowest BCUT2D eigenvalue weighted by Crippen LogP contribution is -2.50. The van der Waals surface area contributed by atoms with E-state index in [2.05, 4.69) is 35.0 Å². The number of urea groups is 1. The van der Waals surface area contributed by atoms with Gasteiger partial charge in [0.1, 0.15) is 11.8 Å². The second-order valence-corrected chi connectivity index (χ2v) is 7.13. The van der Waals surface area contributed by atoms with E-state index in [4.69, 9.17) is 4.42 Å². The van der Waals surface area contributed by atoms with Crippen LogP contribution in [-0.2, 0) is 17.8 Å². The predicted octanol–water partition coefficient (Wildman–Crippen LogP) is 2.58. The van der Waals surface area contributed by atoms with Crippen LogP contribution in [0.3, 0.4) is 0 Å². The maximum atomic E-state index is 12.0. The molecule has 0 radical (unpaired) electrons. The molecule has 24 heavy (non-hydrogen) atoms. The van der Waals surface area contributed by atoms with Crippen molar-refractivity contribution in [3.63, 3.8) is 0 Å². The summed E-state index contributed by atoms with van der Waals surface area (Å²) in [5.74, 6) is 0.406. The number of aryl methyl sites for hydroxylation is 1. The molecule has 3 N–H and O–H groups in total. The zero-order valence-electron chi connectivity index (χ0n) is 14.1. The molecule has 0 aliphatic carbocycles. The second kappa shape index (κ2) is 8.54. The van der Waals surface area contributed by atoms with Crippen LogP contribution < -0.4 is 16.0 Å². The van der Waals surface area contributed by atoms with Gasteiger partial charge >= 0.3 is 6.03 Å². The van der Waals surface area contributed by atoms with Crippen molar-refractivity contribution in [2.45, 2.75) is 45.8 Å². The van der Waals surface area contributed by atoms with E-state index in [0.29, 0.717) is 12.3 Å². The summed E-state index contributed by atoms with van der Waals surface area (Å²) in [6.07, 6.45) is 2.32. The Hall–Kier alpha value is -2.28. The van der Waals surface area contributed by atoms with Gasteiger partial charge in [-0.15, -0.1) is 11.3 Å². The van der Waals surface area contributed by atoms with Gasteiger partial charge in [-0.2, -0.15) is 0 Å².